The van der Waals surface area contributed by atoms with Crippen LogP contribution in [0.3, 0.4) is 0 Å². The Balaban J connectivity index is 1.54. The molecule has 13 atom stereocenters. The maximum atomic E-state index is 14.0. The minimum atomic E-state index is -2.86. The topological polar surface area (TPSA) is 575 Å². The highest BCUT2D eigenvalue weighted by Gasteiger charge is 2.42. The van der Waals surface area contributed by atoms with Crippen molar-refractivity contribution < 1.29 is 113 Å². The Labute approximate surface area is 476 Å². The smallest absolute Gasteiger partial charge is 0.335 e. The Hall–Kier alpha value is -8.61. The highest BCUT2D eigenvalue weighted by molar-refractivity contribution is 6.01. The van der Waals surface area contributed by atoms with Crippen LogP contribution in [0.25, 0.3) is 10.9 Å². The van der Waals surface area contributed by atoms with Gasteiger partial charge >= 0.3 is 17.9 Å². The number of carboxylic acid groups (broad SMARTS) is 3. The number of pyridine rings is 1. The molecule has 35 heteroatoms. The highest BCUT2D eigenvalue weighted by atomic mass is 16.5. The third-order valence-corrected chi connectivity index (χ3v) is 13.4. The standard InChI is InChI=1S/C49H71N13O22/c1-19(63)34(43(75)55-26-8-6-13-62(84)47(26)79)58-44(76)36(21(3)65)59-46(78)37(38(71)49(82)83)60-45(77)35(20(2)64)57-41(73)24(7-4-5-12-50)54-42(74)28(17-33(69)70)56-40(72)25-11-14-61-29-18-31(67)30(66)16-22(29)15-27(39(61)53-25)52-32(68)10-9-23(51)48(80)81/h15-16,18-21,23-26,28,34-38,63-65,71,84H,4-14,17,50-51H2,1-3H3,(H13,52,53,54,55,56,57,58,59,60,66,67,68,69,70,72,73,74,75,76,77,78,80,81,82,83)/p+1/t19?,20?,21?,23?,24?,25-,26?,28?,34?,35?,36?,37?,38?/m0/s1. The number of carbonyl (C=O) groups is 12. The summed E-state index contributed by atoms with van der Waals surface area (Å²) in [6.45, 7) is 2.94. The van der Waals surface area contributed by atoms with Crippen LogP contribution in [0.5, 0.6) is 11.5 Å². The summed E-state index contributed by atoms with van der Waals surface area (Å²) < 4.78 is 1.53. The summed E-state index contributed by atoms with van der Waals surface area (Å²) in [4.78, 5) is 157. The summed E-state index contributed by atoms with van der Waals surface area (Å²) >= 11 is 0. The van der Waals surface area contributed by atoms with E-state index in [9.17, 15) is 104 Å². The van der Waals surface area contributed by atoms with Crippen molar-refractivity contribution in [1.82, 2.24) is 42.3 Å². The van der Waals surface area contributed by atoms with Crippen LogP contribution in [-0.2, 0) is 64.1 Å². The van der Waals surface area contributed by atoms with E-state index in [0.29, 0.717) is 16.0 Å². The van der Waals surface area contributed by atoms with Gasteiger partial charge in [0.2, 0.25) is 41.4 Å². The molecule has 0 radical (unpaired) electrons. The zero-order valence-electron chi connectivity index (χ0n) is 45.6. The predicted octanol–water partition coefficient (Wildman–Crippen LogP) is -7.55. The molecule has 35 nitrogen and oxygen atoms in total. The summed E-state index contributed by atoms with van der Waals surface area (Å²) in [5, 5.41) is 122. The Kier molecular flexibility index (Phi) is 24.7. The number of aromatic nitrogens is 1. The molecule has 4 rings (SSSR count). The number of aliphatic carboxylic acids is 3. The number of aromatic hydroxyl groups is 2. The van der Waals surface area contributed by atoms with Gasteiger partial charge in [0.15, 0.2) is 23.6 Å². The SMILES string of the molecule is CC(O)C(NC(=O)C(CCCCN)NC(=O)C(CC(=O)O)NC(=O)[C@@H]1CC[n+]2c(c(NC(=O)CCC(N)C(=O)O)cc3cc(O)c(O)cc32)N1)C(=O)NC(C(=O)NC(C(=O)NC(C(=O)NC1CCCN(O)C1=O)C(C)O)C(C)O)C(O)C(=O)O. The van der Waals surface area contributed by atoms with Gasteiger partial charge in [-0.2, -0.15) is 0 Å². The largest absolute Gasteiger partial charge is 0.504 e. The minimum Gasteiger partial charge on any atom is -0.504 e. The van der Waals surface area contributed by atoms with Crippen LogP contribution < -0.4 is 63.9 Å². The van der Waals surface area contributed by atoms with Gasteiger partial charge in [0.1, 0.15) is 59.5 Å². The van der Waals surface area contributed by atoms with E-state index in [1.807, 2.05) is 10.6 Å². The monoisotopic (exact) mass is 1190 g/mol. The van der Waals surface area contributed by atoms with Crippen LogP contribution in [0.15, 0.2) is 18.2 Å². The number of aliphatic hydroxyl groups is 4. The van der Waals surface area contributed by atoms with Gasteiger partial charge in [-0.15, -0.1) is 0 Å². The minimum absolute atomic E-state index is 0.000904. The number of carboxylic acids is 3. The summed E-state index contributed by atoms with van der Waals surface area (Å²) in [6.07, 6.45) is -9.87. The summed E-state index contributed by atoms with van der Waals surface area (Å²) in [6, 6.07) is -12.6. The number of amides is 9. The van der Waals surface area contributed by atoms with Gasteiger partial charge in [-0.1, -0.05) is 0 Å². The lowest BCUT2D eigenvalue weighted by Gasteiger charge is -2.31. The number of benzene rings is 1. The van der Waals surface area contributed by atoms with Crippen LogP contribution in [0, 0.1) is 0 Å². The number of phenolic OH excluding ortho intramolecular Hbond substituents is 2. The second kappa shape index (κ2) is 30.6. The lowest BCUT2D eigenvalue weighted by Crippen LogP contribution is -2.66. The fourth-order valence-corrected chi connectivity index (χ4v) is 8.79. The van der Waals surface area contributed by atoms with Gasteiger partial charge in [-0.25, -0.2) is 14.4 Å². The molecule has 3 heterocycles. The van der Waals surface area contributed by atoms with Crippen molar-refractivity contribution in [2.24, 2.45) is 11.5 Å². The maximum Gasteiger partial charge on any atom is 0.335 e. The van der Waals surface area contributed by atoms with E-state index in [1.165, 1.54) is 22.8 Å². The fraction of sp³-hybridized carbons (Fsp3) is 0.571. The van der Waals surface area contributed by atoms with Gasteiger partial charge in [0.05, 0.1) is 31.3 Å². The summed E-state index contributed by atoms with van der Waals surface area (Å²) in [5.74, 6) is -17.0. The molecule has 2 aromatic rings. The number of nitrogens with two attached hydrogens (primary N) is 2. The number of hydroxylamine groups is 2. The third kappa shape index (κ3) is 18.4. The Morgan fingerprint density at radius 3 is 1.80 bits per heavy atom. The van der Waals surface area contributed by atoms with Gasteiger partial charge < -0.3 is 100.0 Å². The number of phenols is 2. The highest BCUT2D eigenvalue weighted by Crippen LogP contribution is 2.34. The molecule has 12 unspecified atom stereocenters. The maximum absolute atomic E-state index is 14.0. The fourth-order valence-electron chi connectivity index (χ4n) is 8.79. The number of rotatable bonds is 30. The molecule has 0 saturated carbocycles. The average molecular weight is 1200 g/mol. The van der Waals surface area contributed by atoms with Crippen LogP contribution in [-0.4, -0.2) is 219 Å². The number of nitrogens with zero attached hydrogens (tertiary/aromatic N) is 2. The molecule has 2 aliphatic rings. The first-order valence-electron chi connectivity index (χ1n) is 26.3. The third-order valence-electron chi connectivity index (χ3n) is 13.4. The number of hydrogen-bond donors (Lipinski definition) is 21. The second-order valence-corrected chi connectivity index (χ2v) is 20.1. The summed E-state index contributed by atoms with van der Waals surface area (Å²) in [7, 11) is 0. The van der Waals surface area contributed by atoms with Crippen molar-refractivity contribution in [2.45, 2.75) is 164 Å². The van der Waals surface area contributed by atoms with Crippen LogP contribution in [0.2, 0.25) is 0 Å². The van der Waals surface area contributed by atoms with Crippen molar-refractivity contribution in [3.8, 4) is 11.5 Å². The number of nitrogens with one attached hydrogen (secondary N) is 9. The Morgan fingerprint density at radius 1 is 0.690 bits per heavy atom. The van der Waals surface area contributed by atoms with Gasteiger partial charge in [-0.3, -0.25) is 63.3 Å². The molecule has 2 aliphatic heterocycles. The number of unbranched alkanes of at least 4 members (excludes halogenated alkanes) is 1. The molecule has 0 aliphatic carbocycles. The molecule has 9 amide bonds. The molecule has 0 spiro atoms. The lowest BCUT2D eigenvalue weighted by molar-refractivity contribution is -0.661. The van der Waals surface area contributed by atoms with E-state index in [1.54, 1.807) is 0 Å². The van der Waals surface area contributed by atoms with Crippen molar-refractivity contribution in [2.75, 3.05) is 23.7 Å². The van der Waals surface area contributed by atoms with E-state index < -0.39 is 168 Å². The van der Waals surface area contributed by atoms with Crippen LogP contribution in [0.1, 0.15) is 78.6 Å². The molecular weight excluding hydrogens is 1120 g/mol. The normalized spacial score (nSPS) is 18.8. The number of aliphatic hydroxyl groups excluding tert-OH is 4. The van der Waals surface area contributed by atoms with E-state index >= 15 is 0 Å². The second-order valence-electron chi connectivity index (χ2n) is 20.1. The summed E-state index contributed by atoms with van der Waals surface area (Å²) in [5.41, 5.74) is 11.5. The van der Waals surface area contributed by atoms with E-state index in [4.69, 9.17) is 16.6 Å². The first-order valence-corrected chi connectivity index (χ1v) is 26.3. The number of fused-ring (bicyclic) bond motifs is 3. The predicted molar refractivity (Wildman–Crippen MR) is 283 cm³/mol. The van der Waals surface area contributed by atoms with Crippen molar-refractivity contribution in [3.63, 3.8) is 0 Å². The molecular formula is C49H72N13O22+. The van der Waals surface area contributed by atoms with Crippen molar-refractivity contribution >= 4 is 93.5 Å². The molecule has 84 heavy (non-hydrogen) atoms. The van der Waals surface area contributed by atoms with Crippen molar-refractivity contribution in [1.29, 1.82) is 0 Å². The van der Waals surface area contributed by atoms with Gasteiger partial charge in [-0.05, 0) is 78.0 Å². The first-order chi connectivity index (χ1) is 39.4. The molecule has 23 N–H and O–H groups in total. The number of hydrogen-bond acceptors (Lipinski definition) is 22. The number of aryl methyl sites for hydroxylation is 1. The number of anilines is 2. The number of piperidine rings is 1. The van der Waals surface area contributed by atoms with Crippen molar-refractivity contribution in [3.05, 3.63) is 18.2 Å². The molecule has 0 bridgehead atoms. The van der Waals surface area contributed by atoms with E-state index in [-0.39, 0.29) is 82.5 Å². The van der Waals surface area contributed by atoms with Crippen LogP contribution in [0.4, 0.5) is 11.5 Å². The molecule has 1 aromatic heterocycles. The lowest BCUT2D eigenvalue weighted by atomic mass is 10.0. The zero-order valence-corrected chi connectivity index (χ0v) is 45.6. The zero-order chi connectivity index (χ0) is 63.0. The molecule has 464 valence electrons. The molecule has 1 saturated heterocycles. The Morgan fingerprint density at radius 2 is 1.24 bits per heavy atom. The average Bonchev–Trinajstić information content (AvgIpc) is 1.49. The number of carbonyl (C=O) groups excluding carboxylic acids is 9. The van der Waals surface area contributed by atoms with Crippen LogP contribution >= 0.6 is 0 Å². The molecule has 1 fully saturated rings. The Bertz CT molecular complexity index is 2820. The first kappa shape index (κ1) is 67.9. The molecule has 1 aromatic carbocycles. The quantitative estimate of drug-likeness (QED) is 0.0150. The van der Waals surface area contributed by atoms with Gasteiger partial charge in [0.25, 0.3) is 17.6 Å². The van der Waals surface area contributed by atoms with E-state index in [2.05, 4.69) is 37.2 Å². The van der Waals surface area contributed by atoms with Gasteiger partial charge in [0, 0.05) is 30.8 Å². The van der Waals surface area contributed by atoms with E-state index in [0.717, 1.165) is 20.8 Å².